The van der Waals surface area contributed by atoms with E-state index in [-0.39, 0.29) is 44.5 Å². The number of ether oxygens (including phenoxy) is 4. The average Bonchev–Trinajstić information content (AvgIpc) is 2.89. The molecule has 0 amide bonds. The summed E-state index contributed by atoms with van der Waals surface area (Å²) in [5.74, 6) is -0.751. The minimum Gasteiger partial charge on any atom is -0.466 e. The topological polar surface area (TPSA) is 213 Å². The molecule has 13 heteroatoms. The van der Waals surface area contributed by atoms with Crippen molar-refractivity contribution in [2.75, 3.05) is 19.8 Å². The van der Waals surface area contributed by atoms with E-state index in [1.807, 2.05) is 0 Å². The van der Waals surface area contributed by atoms with Crippen LogP contribution >= 0.6 is 0 Å². The molecule has 0 bridgehead atoms. The quantitative estimate of drug-likeness (QED) is 0.140. The number of carbonyl (C=O) groups is 2. The third kappa shape index (κ3) is 7.62. The highest BCUT2D eigenvalue weighted by molar-refractivity contribution is 5.79. The van der Waals surface area contributed by atoms with E-state index < -0.39 is 80.4 Å². The lowest BCUT2D eigenvalue weighted by Crippen LogP contribution is -2.61. The van der Waals surface area contributed by atoms with Crippen LogP contribution in [0.2, 0.25) is 0 Å². The summed E-state index contributed by atoms with van der Waals surface area (Å²) in [5.41, 5.74) is 0. The second-order valence-electron chi connectivity index (χ2n) is 8.47. The van der Waals surface area contributed by atoms with Gasteiger partial charge < -0.3 is 54.7 Å². The highest BCUT2D eigenvalue weighted by Gasteiger charge is 2.48. The van der Waals surface area contributed by atoms with E-state index in [1.165, 1.54) is 0 Å². The normalized spacial score (nSPS) is 38.8. The first kappa shape index (κ1) is 29.0. The zero-order chi connectivity index (χ0) is 25.4. The molecule has 0 aromatic carbocycles. The standard InChI is InChI=1S/C21H36O13/c1-2-31-16(27)5-3-4-10(24)6-13-18(29)19(30)20(15(9-23)32-13)34-21-12(26)7-11(25)17(28)14(8-22)33-21/h11-15,17-23,25-26,28-30H,2-9H2,1H3/t11?,12?,13-,14?,15?,17+,18?,19?,20+,21-/m0/s1. The van der Waals surface area contributed by atoms with E-state index in [0.29, 0.717) is 0 Å². The predicted octanol–water partition coefficient (Wildman–Crippen LogP) is -3.26. The molecule has 13 nitrogen and oxygen atoms in total. The summed E-state index contributed by atoms with van der Waals surface area (Å²) >= 11 is 0. The Morgan fingerprint density at radius 3 is 2.15 bits per heavy atom. The number of aliphatic hydroxyl groups is 7. The lowest BCUT2D eigenvalue weighted by atomic mass is 9.91. The first-order valence-corrected chi connectivity index (χ1v) is 11.4. The zero-order valence-electron chi connectivity index (χ0n) is 19.0. The van der Waals surface area contributed by atoms with Gasteiger partial charge in [-0.3, -0.25) is 9.59 Å². The Morgan fingerprint density at radius 2 is 1.53 bits per heavy atom. The molecule has 34 heavy (non-hydrogen) atoms. The van der Waals surface area contributed by atoms with E-state index in [2.05, 4.69) is 0 Å². The highest BCUT2D eigenvalue weighted by atomic mass is 16.7. The van der Waals surface area contributed by atoms with Gasteiger partial charge in [0.2, 0.25) is 0 Å². The van der Waals surface area contributed by atoms with Crippen LogP contribution < -0.4 is 0 Å². The lowest BCUT2D eigenvalue weighted by molar-refractivity contribution is -0.305. The number of carbonyl (C=O) groups excluding carboxylic acids is 2. The summed E-state index contributed by atoms with van der Waals surface area (Å²) in [5, 5.41) is 70.4. The molecule has 0 aliphatic carbocycles. The van der Waals surface area contributed by atoms with Gasteiger partial charge in [-0.15, -0.1) is 0 Å². The van der Waals surface area contributed by atoms with Crippen LogP contribution in [-0.4, -0.2) is 129 Å². The van der Waals surface area contributed by atoms with Crippen LogP contribution in [0, 0.1) is 0 Å². The maximum atomic E-state index is 12.3. The van der Waals surface area contributed by atoms with Crippen LogP contribution in [0.4, 0.5) is 0 Å². The second-order valence-corrected chi connectivity index (χ2v) is 8.47. The largest absolute Gasteiger partial charge is 0.466 e. The number of ketones is 1. The van der Waals surface area contributed by atoms with Gasteiger partial charge in [0.05, 0.1) is 32.0 Å². The van der Waals surface area contributed by atoms with Crippen LogP contribution in [-0.2, 0) is 28.5 Å². The SMILES string of the molecule is CCOC(=O)CCCC(=O)C[C@@H]1OC(CO)[C@@H](O[C@@H]2OC(CO)[C@H](O)C(O)CC2O)C(O)C1O. The summed E-state index contributed by atoms with van der Waals surface area (Å²) in [7, 11) is 0. The van der Waals surface area contributed by atoms with Gasteiger partial charge >= 0.3 is 5.97 Å². The second kappa shape index (κ2) is 13.7. The van der Waals surface area contributed by atoms with Crippen molar-refractivity contribution in [1.82, 2.24) is 0 Å². The van der Waals surface area contributed by atoms with Gasteiger partial charge in [-0.1, -0.05) is 0 Å². The van der Waals surface area contributed by atoms with Crippen molar-refractivity contribution in [3.63, 3.8) is 0 Å². The van der Waals surface area contributed by atoms with Crippen LogP contribution in [0.5, 0.6) is 0 Å². The van der Waals surface area contributed by atoms with E-state index >= 15 is 0 Å². The third-order valence-electron chi connectivity index (χ3n) is 5.89. The van der Waals surface area contributed by atoms with Crippen LogP contribution in [0.1, 0.15) is 39.0 Å². The van der Waals surface area contributed by atoms with Gasteiger partial charge in [0.15, 0.2) is 6.29 Å². The molecule has 2 saturated heterocycles. The third-order valence-corrected chi connectivity index (χ3v) is 5.89. The molecule has 0 saturated carbocycles. The molecular formula is C21H36O13. The first-order valence-electron chi connectivity index (χ1n) is 11.4. The van der Waals surface area contributed by atoms with Gasteiger partial charge in [0.1, 0.15) is 48.5 Å². The molecule has 2 heterocycles. The minimum absolute atomic E-state index is 0.0283. The molecule has 2 fully saturated rings. The summed E-state index contributed by atoms with van der Waals surface area (Å²) in [6, 6.07) is 0. The van der Waals surface area contributed by atoms with E-state index in [9.17, 15) is 45.3 Å². The maximum Gasteiger partial charge on any atom is 0.305 e. The fourth-order valence-electron chi connectivity index (χ4n) is 4.01. The van der Waals surface area contributed by atoms with E-state index in [0.717, 1.165) is 0 Å². The fourth-order valence-corrected chi connectivity index (χ4v) is 4.01. The molecule has 7 N–H and O–H groups in total. The molecule has 6 unspecified atom stereocenters. The minimum atomic E-state index is -1.65. The van der Waals surface area contributed by atoms with Crippen molar-refractivity contribution < 1.29 is 64.3 Å². The molecule has 198 valence electrons. The Kier molecular flexibility index (Phi) is 11.7. The van der Waals surface area contributed by atoms with Crippen molar-refractivity contribution in [3.8, 4) is 0 Å². The van der Waals surface area contributed by atoms with Gasteiger partial charge in [-0.2, -0.15) is 0 Å². The Balaban J connectivity index is 1.98. The van der Waals surface area contributed by atoms with Gasteiger partial charge in [-0.05, 0) is 13.3 Å². The van der Waals surface area contributed by atoms with Crippen molar-refractivity contribution in [2.24, 2.45) is 0 Å². The molecule has 0 radical (unpaired) electrons. The number of rotatable bonds is 11. The number of Topliss-reactive ketones (excluding diaryl/α,β-unsaturated/α-hetero) is 1. The lowest BCUT2D eigenvalue weighted by Gasteiger charge is -2.43. The number of hydrogen-bond acceptors (Lipinski definition) is 13. The Bertz CT molecular complexity index is 644. The van der Waals surface area contributed by atoms with Crippen molar-refractivity contribution >= 4 is 11.8 Å². The Hall–Kier alpha value is -1.26. The van der Waals surface area contributed by atoms with E-state index in [4.69, 9.17) is 18.9 Å². The summed E-state index contributed by atoms with van der Waals surface area (Å²) in [6.07, 6.45) is -14.5. The van der Waals surface area contributed by atoms with Crippen LogP contribution in [0.25, 0.3) is 0 Å². The summed E-state index contributed by atoms with van der Waals surface area (Å²) in [4.78, 5) is 23.6. The summed E-state index contributed by atoms with van der Waals surface area (Å²) < 4.78 is 21.3. The molecule has 0 aromatic rings. The molecule has 2 rings (SSSR count). The van der Waals surface area contributed by atoms with Crippen LogP contribution in [0.3, 0.4) is 0 Å². The zero-order valence-corrected chi connectivity index (χ0v) is 19.0. The molecular weight excluding hydrogens is 460 g/mol. The smallest absolute Gasteiger partial charge is 0.305 e. The van der Waals surface area contributed by atoms with Gasteiger partial charge in [0, 0.05) is 25.7 Å². The van der Waals surface area contributed by atoms with Crippen LogP contribution in [0.15, 0.2) is 0 Å². The van der Waals surface area contributed by atoms with Gasteiger partial charge in [-0.25, -0.2) is 0 Å². The molecule has 2 aliphatic rings. The molecule has 0 aromatic heterocycles. The molecule has 2 aliphatic heterocycles. The van der Waals surface area contributed by atoms with Gasteiger partial charge in [0.25, 0.3) is 0 Å². The molecule has 10 atom stereocenters. The highest BCUT2D eigenvalue weighted by Crippen LogP contribution is 2.30. The first-order chi connectivity index (χ1) is 16.1. The van der Waals surface area contributed by atoms with Crippen molar-refractivity contribution in [3.05, 3.63) is 0 Å². The Morgan fingerprint density at radius 1 is 0.853 bits per heavy atom. The Labute approximate surface area is 196 Å². The van der Waals surface area contributed by atoms with E-state index in [1.54, 1.807) is 6.92 Å². The number of esters is 1. The average molecular weight is 497 g/mol. The van der Waals surface area contributed by atoms with Crippen molar-refractivity contribution in [2.45, 2.75) is 100 Å². The molecule has 0 spiro atoms. The monoisotopic (exact) mass is 496 g/mol. The number of aliphatic hydroxyl groups excluding tert-OH is 7. The predicted molar refractivity (Wildman–Crippen MR) is 111 cm³/mol. The van der Waals surface area contributed by atoms with Crippen molar-refractivity contribution in [1.29, 1.82) is 0 Å². The maximum absolute atomic E-state index is 12.3. The fraction of sp³-hybridized carbons (Fsp3) is 0.905. The summed E-state index contributed by atoms with van der Waals surface area (Å²) in [6.45, 7) is 0.550. The number of hydrogen-bond donors (Lipinski definition) is 7.